The first-order valence-corrected chi connectivity index (χ1v) is 9.49. The summed E-state index contributed by atoms with van der Waals surface area (Å²) in [5, 5.41) is 8.52. The van der Waals surface area contributed by atoms with E-state index in [1.807, 2.05) is 39.0 Å². The van der Waals surface area contributed by atoms with Gasteiger partial charge in [0.15, 0.2) is 0 Å². The van der Waals surface area contributed by atoms with Crippen LogP contribution in [0.4, 0.5) is 0 Å². The summed E-state index contributed by atoms with van der Waals surface area (Å²) < 4.78 is 12.4. The maximum Gasteiger partial charge on any atom is 0.274 e. The summed E-state index contributed by atoms with van der Waals surface area (Å²) in [6.45, 7) is 5.86. The lowest BCUT2D eigenvalue weighted by Gasteiger charge is -2.18. The highest BCUT2D eigenvalue weighted by molar-refractivity contribution is 5.97. The first-order valence-electron chi connectivity index (χ1n) is 9.49. The topological polar surface area (TPSA) is 82.5 Å². The van der Waals surface area contributed by atoms with Crippen LogP contribution in [0.15, 0.2) is 53.5 Å². The van der Waals surface area contributed by atoms with Gasteiger partial charge in [0.2, 0.25) is 0 Å². The molecule has 0 aliphatic carbocycles. The molecular weight excluding hydrogens is 370 g/mol. The Morgan fingerprint density at radius 1 is 1.17 bits per heavy atom. The van der Waals surface area contributed by atoms with Crippen molar-refractivity contribution in [3.05, 3.63) is 64.6 Å². The average molecular weight is 395 g/mol. The third-order valence-corrected chi connectivity index (χ3v) is 4.38. The van der Waals surface area contributed by atoms with Crippen molar-refractivity contribution in [2.24, 2.45) is 0 Å². The molecule has 0 bridgehead atoms. The monoisotopic (exact) mass is 395 g/mol. The number of carbonyl (C=O) groups excluding carboxylic acids is 1. The fourth-order valence-corrected chi connectivity index (χ4v) is 3.03. The summed E-state index contributed by atoms with van der Waals surface area (Å²) in [6, 6.07) is 12.0. The van der Waals surface area contributed by atoms with Gasteiger partial charge >= 0.3 is 0 Å². The van der Waals surface area contributed by atoms with Gasteiger partial charge in [-0.3, -0.25) is 9.59 Å². The molecule has 7 nitrogen and oxygen atoms in total. The van der Waals surface area contributed by atoms with Gasteiger partial charge in [-0.05, 0) is 39.0 Å². The van der Waals surface area contributed by atoms with E-state index in [-0.39, 0.29) is 30.2 Å². The Morgan fingerprint density at radius 2 is 1.93 bits per heavy atom. The van der Waals surface area contributed by atoms with E-state index < -0.39 is 0 Å². The number of methoxy groups -OCH3 is 1. The van der Waals surface area contributed by atoms with Crippen LogP contribution in [0.1, 0.15) is 31.1 Å². The lowest BCUT2D eigenvalue weighted by Crippen LogP contribution is -2.39. The molecular formula is C22H25N3O4. The highest BCUT2D eigenvalue weighted by Gasteiger charge is 2.18. The Morgan fingerprint density at radius 3 is 2.66 bits per heavy atom. The fourth-order valence-electron chi connectivity index (χ4n) is 3.03. The van der Waals surface area contributed by atoms with E-state index in [4.69, 9.17) is 9.47 Å². The highest BCUT2D eigenvalue weighted by atomic mass is 16.5. The quantitative estimate of drug-likeness (QED) is 0.665. The molecule has 3 aromatic rings. The third kappa shape index (κ3) is 4.74. The number of hydrogen-bond donors (Lipinski definition) is 1. The minimum Gasteiger partial charge on any atom is -0.497 e. The SMILES string of the molecule is COc1ccc(C(=O)NC(C)Cn2ncc3ccccc3c2=O)c(OC(C)C)c1. The molecule has 1 heterocycles. The molecule has 0 saturated carbocycles. The predicted octanol–water partition coefficient (Wildman–Crippen LogP) is 3.01. The standard InChI is InChI=1S/C22H25N3O4/c1-14(2)29-20-11-17(28-4)9-10-19(20)21(26)24-15(3)13-25-22(27)18-8-6-5-7-16(18)12-23-25/h5-12,14-15H,13H2,1-4H3,(H,24,26). The maximum absolute atomic E-state index is 12.8. The van der Waals surface area contributed by atoms with Gasteiger partial charge < -0.3 is 14.8 Å². The molecule has 0 radical (unpaired) electrons. The Kier molecular flexibility index (Phi) is 6.16. The molecule has 7 heteroatoms. The predicted molar refractivity (Wildman–Crippen MR) is 112 cm³/mol. The van der Waals surface area contributed by atoms with Gasteiger partial charge in [0.05, 0.1) is 36.9 Å². The summed E-state index contributed by atoms with van der Waals surface area (Å²) in [5.74, 6) is 0.770. The average Bonchev–Trinajstić information content (AvgIpc) is 2.69. The van der Waals surface area contributed by atoms with Crippen LogP contribution in [0.3, 0.4) is 0 Å². The second-order valence-corrected chi connectivity index (χ2v) is 7.12. The van der Waals surface area contributed by atoms with Crippen LogP contribution >= 0.6 is 0 Å². The number of aromatic nitrogens is 2. The Balaban J connectivity index is 1.77. The number of amides is 1. The van der Waals surface area contributed by atoms with Crippen molar-refractivity contribution in [2.75, 3.05) is 7.11 Å². The molecule has 0 saturated heterocycles. The molecule has 2 aromatic carbocycles. The lowest BCUT2D eigenvalue weighted by molar-refractivity contribution is 0.0929. The molecule has 152 valence electrons. The van der Waals surface area contributed by atoms with E-state index in [1.165, 1.54) is 4.68 Å². The number of nitrogens with one attached hydrogen (secondary N) is 1. The fraction of sp³-hybridized carbons (Fsp3) is 0.318. The van der Waals surface area contributed by atoms with E-state index >= 15 is 0 Å². The molecule has 1 N–H and O–H groups in total. The van der Waals surface area contributed by atoms with Crippen molar-refractivity contribution in [3.8, 4) is 11.5 Å². The van der Waals surface area contributed by atoms with Crippen molar-refractivity contribution in [3.63, 3.8) is 0 Å². The number of fused-ring (bicyclic) bond motifs is 1. The smallest absolute Gasteiger partial charge is 0.274 e. The van der Waals surface area contributed by atoms with Crippen LogP contribution in [0.25, 0.3) is 10.8 Å². The molecule has 1 atom stereocenters. The van der Waals surface area contributed by atoms with Crippen LogP contribution < -0.4 is 20.3 Å². The summed E-state index contributed by atoms with van der Waals surface area (Å²) in [7, 11) is 1.56. The van der Waals surface area contributed by atoms with Crippen molar-refractivity contribution in [1.82, 2.24) is 15.1 Å². The van der Waals surface area contributed by atoms with E-state index in [1.54, 1.807) is 37.6 Å². The first-order chi connectivity index (χ1) is 13.9. The van der Waals surface area contributed by atoms with Gasteiger partial charge in [-0.1, -0.05) is 18.2 Å². The molecule has 29 heavy (non-hydrogen) atoms. The number of rotatable bonds is 7. The summed E-state index contributed by atoms with van der Waals surface area (Å²) >= 11 is 0. The summed E-state index contributed by atoms with van der Waals surface area (Å²) in [6.07, 6.45) is 1.56. The lowest BCUT2D eigenvalue weighted by atomic mass is 10.1. The van der Waals surface area contributed by atoms with E-state index in [9.17, 15) is 9.59 Å². The Labute approximate surface area is 169 Å². The molecule has 0 spiro atoms. The number of nitrogens with zero attached hydrogens (tertiary/aromatic N) is 2. The van der Waals surface area contributed by atoms with E-state index in [0.29, 0.717) is 22.4 Å². The molecule has 1 unspecified atom stereocenters. The molecule has 1 aromatic heterocycles. The van der Waals surface area contributed by atoms with Gasteiger partial charge in [0.25, 0.3) is 11.5 Å². The zero-order chi connectivity index (χ0) is 21.0. The number of benzene rings is 2. The highest BCUT2D eigenvalue weighted by Crippen LogP contribution is 2.26. The van der Waals surface area contributed by atoms with Crippen LogP contribution in [0.5, 0.6) is 11.5 Å². The molecule has 0 aliphatic heterocycles. The van der Waals surface area contributed by atoms with Crippen LogP contribution in [0, 0.1) is 0 Å². The number of carbonyl (C=O) groups is 1. The van der Waals surface area contributed by atoms with Gasteiger partial charge in [-0.2, -0.15) is 5.10 Å². The Bertz CT molecular complexity index is 1080. The third-order valence-electron chi connectivity index (χ3n) is 4.38. The Hall–Kier alpha value is -3.35. The van der Waals surface area contributed by atoms with Crippen LogP contribution in [0.2, 0.25) is 0 Å². The summed E-state index contributed by atoms with van der Waals surface area (Å²) in [4.78, 5) is 25.4. The van der Waals surface area contributed by atoms with E-state index in [0.717, 1.165) is 5.39 Å². The van der Waals surface area contributed by atoms with Gasteiger partial charge in [0.1, 0.15) is 11.5 Å². The minimum atomic E-state index is -0.317. The van der Waals surface area contributed by atoms with Crippen molar-refractivity contribution >= 4 is 16.7 Å². The zero-order valence-corrected chi connectivity index (χ0v) is 17.0. The van der Waals surface area contributed by atoms with Gasteiger partial charge in [-0.25, -0.2) is 4.68 Å². The van der Waals surface area contributed by atoms with Crippen molar-refractivity contribution in [2.45, 2.75) is 39.5 Å². The molecule has 0 fully saturated rings. The molecule has 3 rings (SSSR count). The van der Waals surface area contributed by atoms with Crippen LogP contribution in [-0.4, -0.2) is 34.9 Å². The minimum absolute atomic E-state index is 0.0912. The van der Waals surface area contributed by atoms with Gasteiger partial charge in [0, 0.05) is 17.5 Å². The normalized spacial score (nSPS) is 12.0. The largest absolute Gasteiger partial charge is 0.497 e. The van der Waals surface area contributed by atoms with Gasteiger partial charge in [-0.15, -0.1) is 0 Å². The second-order valence-electron chi connectivity index (χ2n) is 7.12. The summed E-state index contributed by atoms with van der Waals surface area (Å²) in [5.41, 5.74) is 0.225. The number of hydrogen-bond acceptors (Lipinski definition) is 5. The van der Waals surface area contributed by atoms with Crippen molar-refractivity contribution < 1.29 is 14.3 Å². The first kappa shape index (κ1) is 20.4. The van der Waals surface area contributed by atoms with Crippen LogP contribution in [-0.2, 0) is 6.54 Å². The zero-order valence-electron chi connectivity index (χ0n) is 17.0. The number of ether oxygens (including phenoxy) is 2. The molecule has 0 aliphatic rings. The maximum atomic E-state index is 12.8. The second kappa shape index (κ2) is 8.77. The molecule has 1 amide bonds. The van der Waals surface area contributed by atoms with Crippen molar-refractivity contribution in [1.29, 1.82) is 0 Å². The van der Waals surface area contributed by atoms with E-state index in [2.05, 4.69) is 10.4 Å².